The van der Waals surface area contributed by atoms with Crippen LogP contribution in [0, 0.1) is 11.3 Å². The molecule has 0 heterocycles. The smallest absolute Gasteiger partial charge is 0.205 e. The number of rotatable bonds is 2. The average molecular weight is 202 g/mol. The van der Waals surface area contributed by atoms with Crippen LogP contribution in [0.25, 0.3) is 0 Å². The van der Waals surface area contributed by atoms with Crippen LogP contribution < -0.4 is 0 Å². The maximum atomic E-state index is 12.1. The van der Waals surface area contributed by atoms with Crippen LogP contribution in [0.4, 0.5) is 8.78 Å². The minimum absolute atomic E-state index is 0.119. The van der Waals surface area contributed by atoms with E-state index in [2.05, 4.69) is 0 Å². The van der Waals surface area contributed by atoms with Crippen LogP contribution >= 0.6 is 11.6 Å². The van der Waals surface area contributed by atoms with E-state index in [-0.39, 0.29) is 17.0 Å². The van der Waals surface area contributed by atoms with E-state index in [0.717, 1.165) is 0 Å². The molecule has 0 spiro atoms. The molecule has 1 nitrogen and oxygen atoms in total. The van der Waals surface area contributed by atoms with Crippen LogP contribution in [0.15, 0.2) is 18.2 Å². The van der Waals surface area contributed by atoms with Crippen molar-refractivity contribution in [3.05, 3.63) is 34.3 Å². The zero-order chi connectivity index (χ0) is 9.84. The lowest BCUT2D eigenvalue weighted by Gasteiger charge is -2.02. The Labute approximate surface area is 79.6 Å². The minimum atomic E-state index is -2.52. The van der Waals surface area contributed by atoms with Crippen molar-refractivity contribution in [1.29, 1.82) is 5.26 Å². The molecule has 0 N–H and O–H groups in total. The highest BCUT2D eigenvalue weighted by Gasteiger charge is 2.08. The number of hydrogen-bond acceptors (Lipinski definition) is 1. The molecule has 13 heavy (non-hydrogen) atoms. The molecule has 1 rings (SSSR count). The Balaban J connectivity index is 3.00. The molecule has 0 bridgehead atoms. The number of nitrogens with zero attached hydrogens (tertiary/aromatic N) is 1. The van der Waals surface area contributed by atoms with Gasteiger partial charge in [0, 0.05) is 10.6 Å². The van der Waals surface area contributed by atoms with E-state index in [1.54, 1.807) is 0 Å². The predicted octanol–water partition coefficient (Wildman–Crippen LogP) is 3.34. The van der Waals surface area contributed by atoms with Gasteiger partial charge >= 0.3 is 0 Å². The molecule has 0 fully saturated rings. The minimum Gasteiger partial charge on any atom is -0.205 e. The lowest BCUT2D eigenvalue weighted by molar-refractivity contribution is 0.151. The van der Waals surface area contributed by atoms with Gasteiger partial charge in [-0.05, 0) is 11.6 Å². The van der Waals surface area contributed by atoms with Crippen molar-refractivity contribution < 1.29 is 8.78 Å². The Kier molecular flexibility index (Phi) is 3.21. The van der Waals surface area contributed by atoms with Gasteiger partial charge in [0.05, 0.1) is 12.5 Å². The summed E-state index contributed by atoms with van der Waals surface area (Å²) < 4.78 is 24.3. The van der Waals surface area contributed by atoms with Crippen molar-refractivity contribution >= 4 is 11.6 Å². The number of hydrogen-bond donors (Lipinski definition) is 0. The highest BCUT2D eigenvalue weighted by molar-refractivity contribution is 6.31. The lowest BCUT2D eigenvalue weighted by atomic mass is 10.1. The van der Waals surface area contributed by atoms with E-state index in [1.165, 1.54) is 18.2 Å². The Hall–Kier alpha value is -1.14. The first-order valence-corrected chi connectivity index (χ1v) is 3.96. The molecule has 0 unspecified atom stereocenters. The monoisotopic (exact) mass is 201 g/mol. The summed E-state index contributed by atoms with van der Waals surface area (Å²) >= 11 is 5.67. The summed E-state index contributed by atoms with van der Waals surface area (Å²) in [4.78, 5) is 0. The van der Waals surface area contributed by atoms with Crippen molar-refractivity contribution in [2.75, 3.05) is 0 Å². The summed E-state index contributed by atoms with van der Waals surface area (Å²) in [5.41, 5.74) is 0.459. The first kappa shape index (κ1) is 9.94. The maximum Gasteiger partial charge on any atom is 0.263 e. The molecule has 0 amide bonds. The van der Waals surface area contributed by atoms with Crippen molar-refractivity contribution in [1.82, 2.24) is 0 Å². The van der Waals surface area contributed by atoms with Gasteiger partial charge in [0.2, 0.25) is 0 Å². The average Bonchev–Trinajstić information content (AvgIpc) is 2.08. The van der Waals surface area contributed by atoms with E-state index in [1.807, 2.05) is 6.07 Å². The Bertz CT molecular complexity index is 344. The molecular formula is C9H6ClF2N. The Morgan fingerprint density at radius 1 is 1.46 bits per heavy atom. The zero-order valence-electron chi connectivity index (χ0n) is 6.60. The molecule has 0 aliphatic heterocycles. The van der Waals surface area contributed by atoms with Crippen molar-refractivity contribution in [3.63, 3.8) is 0 Å². The first-order valence-electron chi connectivity index (χ1n) is 3.58. The molecule has 0 aromatic heterocycles. The summed E-state index contributed by atoms with van der Waals surface area (Å²) in [7, 11) is 0. The third kappa shape index (κ3) is 2.40. The summed E-state index contributed by atoms with van der Waals surface area (Å²) in [6.45, 7) is 0. The van der Waals surface area contributed by atoms with E-state index >= 15 is 0 Å². The standard InChI is InChI=1S/C9H6ClF2N/c10-8-5-7(9(11)12)2-1-6(8)3-4-13/h1-2,5,9H,3H2. The number of alkyl halides is 2. The van der Waals surface area contributed by atoms with Crippen molar-refractivity contribution in [3.8, 4) is 6.07 Å². The van der Waals surface area contributed by atoms with Crippen LogP contribution in [0.3, 0.4) is 0 Å². The SMILES string of the molecule is N#CCc1ccc(C(F)F)cc1Cl. The Morgan fingerprint density at radius 2 is 2.15 bits per heavy atom. The predicted molar refractivity (Wildman–Crippen MR) is 45.7 cm³/mol. The molecule has 0 radical (unpaired) electrons. The van der Waals surface area contributed by atoms with Crippen molar-refractivity contribution in [2.45, 2.75) is 12.8 Å². The van der Waals surface area contributed by atoms with Gasteiger partial charge in [-0.1, -0.05) is 23.7 Å². The van der Waals surface area contributed by atoms with Gasteiger partial charge < -0.3 is 0 Å². The number of nitriles is 1. The Morgan fingerprint density at radius 3 is 2.62 bits per heavy atom. The van der Waals surface area contributed by atoms with E-state index in [0.29, 0.717) is 5.56 Å². The van der Waals surface area contributed by atoms with Gasteiger partial charge in [0.1, 0.15) is 0 Å². The van der Waals surface area contributed by atoms with Gasteiger partial charge in [0.15, 0.2) is 0 Å². The van der Waals surface area contributed by atoms with Crippen LogP contribution in [-0.4, -0.2) is 0 Å². The van der Waals surface area contributed by atoms with Gasteiger partial charge in [-0.3, -0.25) is 0 Å². The number of halogens is 3. The van der Waals surface area contributed by atoms with Crippen LogP contribution in [0.1, 0.15) is 17.6 Å². The van der Waals surface area contributed by atoms with Gasteiger partial charge in [-0.2, -0.15) is 5.26 Å². The van der Waals surface area contributed by atoms with Crippen LogP contribution in [-0.2, 0) is 6.42 Å². The second-order valence-corrected chi connectivity index (χ2v) is 2.89. The summed E-state index contributed by atoms with van der Waals surface area (Å²) in [6, 6.07) is 5.83. The van der Waals surface area contributed by atoms with Crippen LogP contribution in [0.2, 0.25) is 5.02 Å². The van der Waals surface area contributed by atoms with Crippen molar-refractivity contribution in [2.24, 2.45) is 0 Å². The fourth-order valence-electron chi connectivity index (χ4n) is 0.928. The number of benzene rings is 1. The third-order valence-corrected chi connectivity index (χ3v) is 1.95. The second-order valence-electron chi connectivity index (χ2n) is 2.49. The van der Waals surface area contributed by atoms with Gasteiger partial charge in [0.25, 0.3) is 6.43 Å². The summed E-state index contributed by atoms with van der Waals surface area (Å²) in [5, 5.41) is 8.59. The third-order valence-electron chi connectivity index (χ3n) is 1.60. The van der Waals surface area contributed by atoms with E-state index in [4.69, 9.17) is 16.9 Å². The largest absolute Gasteiger partial charge is 0.263 e. The fraction of sp³-hybridized carbons (Fsp3) is 0.222. The quantitative estimate of drug-likeness (QED) is 0.720. The molecule has 0 aliphatic carbocycles. The van der Waals surface area contributed by atoms with E-state index < -0.39 is 6.43 Å². The fourth-order valence-corrected chi connectivity index (χ4v) is 1.18. The van der Waals surface area contributed by atoms with E-state index in [9.17, 15) is 8.78 Å². The topological polar surface area (TPSA) is 23.8 Å². The summed E-state index contributed by atoms with van der Waals surface area (Å²) in [5.74, 6) is 0. The zero-order valence-corrected chi connectivity index (χ0v) is 7.35. The lowest BCUT2D eigenvalue weighted by Crippen LogP contribution is -1.88. The normalized spacial score (nSPS) is 10.1. The highest BCUT2D eigenvalue weighted by Crippen LogP contribution is 2.24. The first-order chi connectivity index (χ1) is 6.15. The molecule has 0 saturated heterocycles. The molecule has 68 valence electrons. The molecule has 1 aromatic rings. The molecule has 1 aromatic carbocycles. The highest BCUT2D eigenvalue weighted by atomic mass is 35.5. The summed E-state index contributed by atoms with van der Waals surface area (Å²) in [6.07, 6.45) is -2.38. The molecule has 0 atom stereocenters. The molecular weight excluding hydrogens is 196 g/mol. The second kappa shape index (κ2) is 4.20. The molecule has 0 saturated carbocycles. The van der Waals surface area contributed by atoms with Gasteiger partial charge in [-0.15, -0.1) is 0 Å². The molecule has 4 heteroatoms. The van der Waals surface area contributed by atoms with Crippen LogP contribution in [0.5, 0.6) is 0 Å². The maximum absolute atomic E-state index is 12.1. The van der Waals surface area contributed by atoms with Gasteiger partial charge in [-0.25, -0.2) is 8.78 Å². The molecule has 0 aliphatic rings.